The van der Waals surface area contributed by atoms with Gasteiger partial charge in [-0.2, -0.15) is 4.98 Å². The van der Waals surface area contributed by atoms with Gasteiger partial charge in [0.15, 0.2) is 5.82 Å². The number of hydrogen-bond donors (Lipinski definition) is 1. The third-order valence-corrected chi connectivity index (χ3v) is 3.57. The number of hydrogen-bond acceptors (Lipinski definition) is 6. The molecule has 0 spiro atoms. The van der Waals surface area contributed by atoms with E-state index in [-0.39, 0.29) is 0 Å². The number of piperidine rings is 1. The molecule has 0 radical (unpaired) electrons. The highest BCUT2D eigenvalue weighted by atomic mass is 16.5. The van der Waals surface area contributed by atoms with Crippen LogP contribution in [0.1, 0.15) is 12.8 Å². The third-order valence-electron chi connectivity index (χ3n) is 3.57. The molecule has 2 rings (SSSR count). The van der Waals surface area contributed by atoms with E-state index in [0.29, 0.717) is 11.8 Å². The Labute approximate surface area is 120 Å². The van der Waals surface area contributed by atoms with Crippen molar-refractivity contribution in [2.45, 2.75) is 12.8 Å². The van der Waals surface area contributed by atoms with Crippen LogP contribution >= 0.6 is 0 Å². The zero-order valence-electron chi connectivity index (χ0n) is 12.3. The fraction of sp³-hybridized carbons (Fsp3) is 0.714. The van der Waals surface area contributed by atoms with Crippen molar-refractivity contribution in [2.24, 2.45) is 5.92 Å². The van der Waals surface area contributed by atoms with Crippen LogP contribution in [0.15, 0.2) is 12.4 Å². The van der Waals surface area contributed by atoms with Gasteiger partial charge >= 0.3 is 0 Å². The topological polar surface area (TPSA) is 59.5 Å². The van der Waals surface area contributed by atoms with E-state index in [0.717, 1.165) is 38.6 Å². The van der Waals surface area contributed by atoms with Crippen LogP contribution < -0.4 is 15.0 Å². The van der Waals surface area contributed by atoms with Crippen molar-refractivity contribution in [1.29, 1.82) is 0 Å². The maximum atomic E-state index is 5.14. The summed E-state index contributed by atoms with van der Waals surface area (Å²) in [6.07, 6.45) is 5.89. The van der Waals surface area contributed by atoms with E-state index in [1.165, 1.54) is 12.8 Å². The van der Waals surface area contributed by atoms with Gasteiger partial charge in [0.25, 0.3) is 0 Å². The number of ether oxygens (including phenoxy) is 2. The van der Waals surface area contributed by atoms with Gasteiger partial charge in [-0.15, -0.1) is 0 Å². The molecule has 1 unspecified atom stereocenters. The fourth-order valence-electron chi connectivity index (χ4n) is 2.51. The van der Waals surface area contributed by atoms with Gasteiger partial charge < -0.3 is 19.7 Å². The van der Waals surface area contributed by atoms with Crippen molar-refractivity contribution in [1.82, 2.24) is 15.3 Å². The van der Waals surface area contributed by atoms with E-state index in [4.69, 9.17) is 9.47 Å². The number of rotatable bonds is 7. The zero-order chi connectivity index (χ0) is 14.2. The van der Waals surface area contributed by atoms with E-state index >= 15 is 0 Å². The number of nitrogens with one attached hydrogen (secondary N) is 1. The van der Waals surface area contributed by atoms with Crippen molar-refractivity contribution in [3.05, 3.63) is 12.4 Å². The minimum atomic E-state index is 0.572. The number of anilines is 1. The normalized spacial score (nSPS) is 19.1. The third kappa shape index (κ3) is 4.31. The Hall–Kier alpha value is -1.40. The first-order chi connectivity index (χ1) is 9.83. The van der Waals surface area contributed by atoms with E-state index in [2.05, 4.69) is 20.2 Å². The van der Waals surface area contributed by atoms with Gasteiger partial charge in [0.2, 0.25) is 5.88 Å². The molecular weight excluding hydrogens is 256 g/mol. The molecule has 6 nitrogen and oxygen atoms in total. The Morgan fingerprint density at radius 2 is 2.30 bits per heavy atom. The quantitative estimate of drug-likeness (QED) is 0.750. The summed E-state index contributed by atoms with van der Waals surface area (Å²) in [5, 5.41) is 3.44. The monoisotopic (exact) mass is 280 g/mol. The number of nitrogens with zero attached hydrogens (tertiary/aromatic N) is 3. The molecule has 0 aromatic carbocycles. The van der Waals surface area contributed by atoms with Crippen LogP contribution in [0.4, 0.5) is 5.82 Å². The molecule has 6 heteroatoms. The number of aromatic nitrogens is 2. The van der Waals surface area contributed by atoms with E-state index in [1.54, 1.807) is 20.4 Å². The van der Waals surface area contributed by atoms with Crippen molar-refractivity contribution >= 4 is 5.82 Å². The molecule has 2 heterocycles. The van der Waals surface area contributed by atoms with Gasteiger partial charge in [-0.3, -0.25) is 4.98 Å². The molecular formula is C14H24N4O2. The Bertz CT molecular complexity index is 403. The summed E-state index contributed by atoms with van der Waals surface area (Å²) in [5.41, 5.74) is 0. The largest absolute Gasteiger partial charge is 0.480 e. The summed E-state index contributed by atoms with van der Waals surface area (Å²) in [5.74, 6) is 2.13. The molecule has 0 amide bonds. The summed E-state index contributed by atoms with van der Waals surface area (Å²) in [6.45, 7) is 4.75. The molecule has 1 aliphatic rings. The average molecular weight is 280 g/mol. The van der Waals surface area contributed by atoms with E-state index in [1.807, 2.05) is 6.20 Å². The van der Waals surface area contributed by atoms with Gasteiger partial charge in [-0.05, 0) is 25.3 Å². The second kappa shape index (κ2) is 8.01. The lowest BCUT2D eigenvalue weighted by molar-refractivity contribution is 0.197. The van der Waals surface area contributed by atoms with Crippen LogP contribution in [0, 0.1) is 5.92 Å². The summed E-state index contributed by atoms with van der Waals surface area (Å²) in [7, 11) is 3.35. The van der Waals surface area contributed by atoms with Gasteiger partial charge in [0, 0.05) is 26.7 Å². The molecule has 1 fully saturated rings. The summed E-state index contributed by atoms with van der Waals surface area (Å²) in [6, 6.07) is 0. The van der Waals surface area contributed by atoms with Gasteiger partial charge in [0.1, 0.15) is 0 Å². The van der Waals surface area contributed by atoms with Crippen molar-refractivity contribution < 1.29 is 9.47 Å². The Balaban J connectivity index is 1.86. The molecule has 1 aromatic heterocycles. The Kier molecular flexibility index (Phi) is 6.01. The number of methoxy groups -OCH3 is 2. The first-order valence-corrected chi connectivity index (χ1v) is 7.14. The molecule has 1 atom stereocenters. The molecule has 0 aliphatic carbocycles. The second-order valence-corrected chi connectivity index (χ2v) is 5.07. The standard InChI is InChI=1S/C14H24N4O2/c1-19-7-5-15-8-12-4-3-6-18(11-12)13-9-16-10-14(17-13)20-2/h9-10,12,15H,3-8,11H2,1-2H3. The minimum absolute atomic E-state index is 0.572. The predicted molar refractivity (Wildman–Crippen MR) is 78.3 cm³/mol. The van der Waals surface area contributed by atoms with Crippen LogP contribution in [-0.4, -0.2) is 57.0 Å². The maximum Gasteiger partial charge on any atom is 0.233 e. The van der Waals surface area contributed by atoms with Crippen LogP contribution in [0.25, 0.3) is 0 Å². The molecule has 112 valence electrons. The summed E-state index contributed by atoms with van der Waals surface area (Å²) >= 11 is 0. The average Bonchev–Trinajstić information content (AvgIpc) is 2.52. The van der Waals surface area contributed by atoms with Gasteiger partial charge in [0.05, 0.1) is 26.1 Å². The van der Waals surface area contributed by atoms with E-state index < -0.39 is 0 Å². The first-order valence-electron chi connectivity index (χ1n) is 7.14. The smallest absolute Gasteiger partial charge is 0.233 e. The minimum Gasteiger partial charge on any atom is -0.480 e. The summed E-state index contributed by atoms with van der Waals surface area (Å²) < 4.78 is 10.2. The molecule has 1 N–H and O–H groups in total. The van der Waals surface area contributed by atoms with Crippen LogP contribution in [-0.2, 0) is 4.74 Å². The molecule has 1 aliphatic heterocycles. The highest BCUT2D eigenvalue weighted by Gasteiger charge is 2.21. The Morgan fingerprint density at radius 1 is 1.40 bits per heavy atom. The van der Waals surface area contributed by atoms with Gasteiger partial charge in [-0.1, -0.05) is 0 Å². The van der Waals surface area contributed by atoms with Crippen molar-refractivity contribution in [3.8, 4) is 5.88 Å². The fourth-order valence-corrected chi connectivity index (χ4v) is 2.51. The molecule has 20 heavy (non-hydrogen) atoms. The van der Waals surface area contributed by atoms with E-state index in [9.17, 15) is 0 Å². The lowest BCUT2D eigenvalue weighted by atomic mass is 9.98. The second-order valence-electron chi connectivity index (χ2n) is 5.07. The summed E-state index contributed by atoms with van der Waals surface area (Å²) in [4.78, 5) is 10.9. The SMILES string of the molecule is COCCNCC1CCCN(c2cncc(OC)n2)C1. The molecule has 1 saturated heterocycles. The lowest BCUT2D eigenvalue weighted by Gasteiger charge is -2.33. The zero-order valence-corrected chi connectivity index (χ0v) is 12.3. The first kappa shape index (κ1) is 15.0. The maximum absolute atomic E-state index is 5.14. The molecule has 1 aromatic rings. The highest BCUT2D eigenvalue weighted by Crippen LogP contribution is 2.22. The van der Waals surface area contributed by atoms with Crippen LogP contribution in [0.5, 0.6) is 5.88 Å². The predicted octanol–water partition coefficient (Wildman–Crippen LogP) is 0.938. The highest BCUT2D eigenvalue weighted by molar-refractivity contribution is 5.38. The van der Waals surface area contributed by atoms with Crippen LogP contribution in [0.3, 0.4) is 0 Å². The van der Waals surface area contributed by atoms with Crippen molar-refractivity contribution in [3.63, 3.8) is 0 Å². The molecule has 0 bridgehead atoms. The van der Waals surface area contributed by atoms with Crippen LogP contribution in [0.2, 0.25) is 0 Å². The Morgan fingerprint density at radius 3 is 3.10 bits per heavy atom. The van der Waals surface area contributed by atoms with Gasteiger partial charge in [-0.25, -0.2) is 0 Å². The molecule has 0 saturated carbocycles. The van der Waals surface area contributed by atoms with Crippen molar-refractivity contribution in [2.75, 3.05) is 51.9 Å². The lowest BCUT2D eigenvalue weighted by Crippen LogP contribution is -2.40.